The normalized spacial score (nSPS) is 15.5. The zero-order valence-electron chi connectivity index (χ0n) is 12.6. The second-order valence-corrected chi connectivity index (χ2v) is 6.83. The molecule has 1 N–H and O–H groups in total. The van der Waals surface area contributed by atoms with Gasteiger partial charge in [0.1, 0.15) is 5.82 Å². The number of carbonyl (C=O) groups is 1. The summed E-state index contributed by atoms with van der Waals surface area (Å²) in [5.74, 6) is 1.54. The first kappa shape index (κ1) is 15.3. The van der Waals surface area contributed by atoms with Crippen LogP contribution in [0.1, 0.15) is 37.8 Å². The van der Waals surface area contributed by atoms with Crippen molar-refractivity contribution in [1.29, 1.82) is 0 Å². The number of hydrogen-bond donors (Lipinski definition) is 1. The van der Waals surface area contributed by atoms with E-state index in [1.165, 1.54) is 12.8 Å². The number of halogens is 1. The summed E-state index contributed by atoms with van der Waals surface area (Å²) in [5, 5.41) is 7.34. The number of nitrogens with zero attached hydrogens (tertiary/aromatic N) is 2. The molecule has 2 aromatic rings. The molecule has 0 radical (unpaired) electrons. The molecule has 0 saturated heterocycles. The number of carbonyl (C=O) groups excluding carboxylic acids is 1. The molecule has 1 unspecified atom stereocenters. The minimum Gasteiger partial charge on any atom is -0.311 e. The molecule has 1 heterocycles. The van der Waals surface area contributed by atoms with Crippen LogP contribution in [0.4, 0.5) is 5.82 Å². The summed E-state index contributed by atoms with van der Waals surface area (Å²) in [6.07, 6.45) is 5.48. The van der Waals surface area contributed by atoms with Crippen LogP contribution in [0.5, 0.6) is 0 Å². The summed E-state index contributed by atoms with van der Waals surface area (Å²) in [7, 11) is 0. The minimum atomic E-state index is 0.0322. The fourth-order valence-electron chi connectivity index (χ4n) is 2.67. The molecule has 22 heavy (non-hydrogen) atoms. The average molecular weight is 362 g/mol. The van der Waals surface area contributed by atoms with Gasteiger partial charge in [-0.2, -0.15) is 5.10 Å². The Labute approximate surface area is 139 Å². The maximum absolute atomic E-state index is 12.2. The topological polar surface area (TPSA) is 46.9 Å². The Balaban J connectivity index is 1.57. The van der Waals surface area contributed by atoms with Crippen LogP contribution in [0.15, 0.2) is 41.0 Å². The van der Waals surface area contributed by atoms with Gasteiger partial charge in [0.15, 0.2) is 0 Å². The van der Waals surface area contributed by atoms with Crippen molar-refractivity contribution in [2.75, 3.05) is 5.32 Å². The summed E-state index contributed by atoms with van der Waals surface area (Å²) >= 11 is 3.45. The van der Waals surface area contributed by atoms with Crippen LogP contribution in [0, 0.1) is 5.92 Å². The molecule has 1 saturated carbocycles. The van der Waals surface area contributed by atoms with Gasteiger partial charge in [0.05, 0.1) is 12.2 Å². The number of nitrogens with one attached hydrogen (secondary N) is 1. The van der Waals surface area contributed by atoms with Gasteiger partial charge in [0, 0.05) is 17.0 Å². The third-order valence-electron chi connectivity index (χ3n) is 4.16. The standard InChI is InChI=1S/C17H20BrN3O/c1-12(14-6-7-14)21-16(9-10-19-21)20-17(22)8-5-13-3-2-4-15(18)11-13/h2-4,9-12,14H,5-8H2,1H3,(H,20,22). The number of benzene rings is 1. The van der Waals surface area contributed by atoms with Crippen LogP contribution in [-0.2, 0) is 11.2 Å². The first-order valence-electron chi connectivity index (χ1n) is 7.71. The van der Waals surface area contributed by atoms with Gasteiger partial charge < -0.3 is 5.32 Å². The van der Waals surface area contributed by atoms with Gasteiger partial charge in [0.2, 0.25) is 5.91 Å². The van der Waals surface area contributed by atoms with Crippen molar-refractivity contribution in [3.05, 3.63) is 46.6 Å². The van der Waals surface area contributed by atoms with Crippen LogP contribution < -0.4 is 5.32 Å². The summed E-state index contributed by atoms with van der Waals surface area (Å²) in [6, 6.07) is 10.3. The smallest absolute Gasteiger partial charge is 0.225 e. The van der Waals surface area contributed by atoms with Gasteiger partial charge >= 0.3 is 0 Å². The number of hydrogen-bond acceptors (Lipinski definition) is 2. The maximum Gasteiger partial charge on any atom is 0.225 e. The number of rotatable bonds is 6. The molecular formula is C17H20BrN3O. The van der Waals surface area contributed by atoms with Crippen LogP contribution >= 0.6 is 15.9 Å². The van der Waals surface area contributed by atoms with Crippen LogP contribution in [0.2, 0.25) is 0 Å². The highest BCUT2D eigenvalue weighted by molar-refractivity contribution is 9.10. The lowest BCUT2D eigenvalue weighted by Gasteiger charge is -2.15. The Hall–Kier alpha value is -1.62. The van der Waals surface area contributed by atoms with Gasteiger partial charge in [-0.15, -0.1) is 0 Å². The van der Waals surface area contributed by atoms with Gasteiger partial charge in [-0.05, 0) is 49.8 Å². The Morgan fingerprint density at radius 1 is 1.45 bits per heavy atom. The highest BCUT2D eigenvalue weighted by atomic mass is 79.9. The molecule has 1 aromatic heterocycles. The molecular weight excluding hydrogens is 342 g/mol. The average Bonchev–Trinajstić information content (AvgIpc) is 3.25. The SMILES string of the molecule is CC(C1CC1)n1nccc1NC(=O)CCc1cccc(Br)c1. The van der Waals surface area contributed by atoms with Crippen molar-refractivity contribution >= 4 is 27.7 Å². The molecule has 0 bridgehead atoms. The lowest BCUT2D eigenvalue weighted by molar-refractivity contribution is -0.116. The molecule has 1 aromatic carbocycles. The number of aromatic nitrogens is 2. The van der Waals surface area contributed by atoms with E-state index in [1.807, 2.05) is 35.0 Å². The molecule has 4 nitrogen and oxygen atoms in total. The Bertz CT molecular complexity index is 663. The molecule has 0 spiro atoms. The first-order valence-corrected chi connectivity index (χ1v) is 8.50. The molecule has 5 heteroatoms. The molecule has 1 amide bonds. The predicted molar refractivity (Wildman–Crippen MR) is 90.8 cm³/mol. The van der Waals surface area contributed by atoms with Gasteiger partial charge in [-0.1, -0.05) is 28.1 Å². The third kappa shape index (κ3) is 3.77. The van der Waals surface area contributed by atoms with E-state index in [0.717, 1.165) is 22.3 Å². The lowest BCUT2D eigenvalue weighted by Crippen LogP contribution is -2.18. The van der Waals surface area contributed by atoms with Gasteiger partial charge in [-0.25, -0.2) is 4.68 Å². The summed E-state index contributed by atoms with van der Waals surface area (Å²) in [5.41, 5.74) is 1.16. The molecule has 1 aliphatic rings. The van der Waals surface area contributed by atoms with Gasteiger partial charge in [0.25, 0.3) is 0 Å². The Kier molecular flexibility index (Phi) is 4.62. The van der Waals surface area contributed by atoms with Crippen molar-refractivity contribution in [1.82, 2.24) is 9.78 Å². The Morgan fingerprint density at radius 3 is 3.00 bits per heavy atom. The molecule has 1 aliphatic carbocycles. The van der Waals surface area contributed by atoms with Crippen molar-refractivity contribution in [2.24, 2.45) is 5.92 Å². The van der Waals surface area contributed by atoms with E-state index in [9.17, 15) is 4.79 Å². The van der Waals surface area contributed by atoms with E-state index in [1.54, 1.807) is 6.20 Å². The fourth-order valence-corrected chi connectivity index (χ4v) is 3.12. The van der Waals surface area contributed by atoms with E-state index in [0.29, 0.717) is 18.4 Å². The van der Waals surface area contributed by atoms with Crippen LogP contribution in [-0.4, -0.2) is 15.7 Å². The van der Waals surface area contributed by atoms with Gasteiger partial charge in [-0.3, -0.25) is 4.79 Å². The number of aryl methyl sites for hydroxylation is 1. The summed E-state index contributed by atoms with van der Waals surface area (Å²) in [4.78, 5) is 12.2. The quantitative estimate of drug-likeness (QED) is 0.838. The highest BCUT2D eigenvalue weighted by Gasteiger charge is 2.30. The molecule has 3 rings (SSSR count). The first-order chi connectivity index (χ1) is 10.6. The van der Waals surface area contributed by atoms with E-state index < -0.39 is 0 Å². The third-order valence-corrected chi connectivity index (χ3v) is 4.65. The monoisotopic (exact) mass is 361 g/mol. The Morgan fingerprint density at radius 2 is 2.27 bits per heavy atom. The molecule has 116 valence electrons. The second-order valence-electron chi connectivity index (χ2n) is 5.92. The van der Waals surface area contributed by atoms with Crippen molar-refractivity contribution in [3.8, 4) is 0 Å². The molecule has 1 fully saturated rings. The molecule has 1 atom stereocenters. The van der Waals surface area contributed by atoms with E-state index in [2.05, 4.69) is 33.3 Å². The summed E-state index contributed by atoms with van der Waals surface area (Å²) in [6.45, 7) is 2.17. The number of anilines is 1. The van der Waals surface area contributed by atoms with Crippen LogP contribution in [0.25, 0.3) is 0 Å². The van der Waals surface area contributed by atoms with E-state index in [-0.39, 0.29) is 5.91 Å². The molecule has 0 aliphatic heterocycles. The number of amides is 1. The van der Waals surface area contributed by atoms with Crippen molar-refractivity contribution < 1.29 is 4.79 Å². The maximum atomic E-state index is 12.2. The van der Waals surface area contributed by atoms with E-state index >= 15 is 0 Å². The minimum absolute atomic E-state index is 0.0322. The van der Waals surface area contributed by atoms with Crippen molar-refractivity contribution in [3.63, 3.8) is 0 Å². The lowest BCUT2D eigenvalue weighted by atomic mass is 10.1. The fraction of sp³-hybridized carbons (Fsp3) is 0.412. The zero-order chi connectivity index (χ0) is 15.5. The second kappa shape index (κ2) is 6.65. The van der Waals surface area contributed by atoms with E-state index in [4.69, 9.17) is 0 Å². The zero-order valence-corrected chi connectivity index (χ0v) is 14.2. The summed E-state index contributed by atoms with van der Waals surface area (Å²) < 4.78 is 2.98. The predicted octanol–water partition coefficient (Wildman–Crippen LogP) is 4.19. The highest BCUT2D eigenvalue weighted by Crippen LogP contribution is 2.40. The van der Waals surface area contributed by atoms with Crippen LogP contribution in [0.3, 0.4) is 0 Å². The van der Waals surface area contributed by atoms with Crippen molar-refractivity contribution in [2.45, 2.75) is 38.6 Å². The largest absolute Gasteiger partial charge is 0.311 e.